The highest BCUT2D eigenvalue weighted by Gasteiger charge is 2.41. The van der Waals surface area contributed by atoms with Crippen molar-refractivity contribution in [1.82, 2.24) is 19.7 Å². The summed E-state index contributed by atoms with van der Waals surface area (Å²) in [5, 5.41) is 8.77. The summed E-state index contributed by atoms with van der Waals surface area (Å²) in [7, 11) is 0. The molecule has 1 saturated heterocycles. The lowest BCUT2D eigenvalue weighted by molar-refractivity contribution is 0.0665. The summed E-state index contributed by atoms with van der Waals surface area (Å²) in [4.78, 5) is 15.1. The van der Waals surface area contributed by atoms with Crippen LogP contribution >= 0.6 is 0 Å². The van der Waals surface area contributed by atoms with Gasteiger partial charge >= 0.3 is 0 Å². The Hall–Kier alpha value is -2.17. The highest BCUT2D eigenvalue weighted by atomic mass is 16.2. The molecule has 1 aromatic carbocycles. The highest BCUT2D eigenvalue weighted by Crippen LogP contribution is 2.33. The zero-order valence-electron chi connectivity index (χ0n) is 13.6. The normalized spacial score (nSPS) is 23.0. The number of aromatic nitrogens is 3. The second-order valence-corrected chi connectivity index (χ2v) is 6.91. The summed E-state index contributed by atoms with van der Waals surface area (Å²) >= 11 is 0. The van der Waals surface area contributed by atoms with Crippen LogP contribution in [0.25, 0.3) is 0 Å². The number of carbonyl (C=O) groups excluding carboxylic acids is 1. The summed E-state index contributed by atoms with van der Waals surface area (Å²) in [6.07, 6.45) is 2.94. The summed E-state index contributed by atoms with van der Waals surface area (Å²) < 4.78 is 2.25. The van der Waals surface area contributed by atoms with Gasteiger partial charge in [0, 0.05) is 30.5 Å². The minimum atomic E-state index is 0.155. The molecule has 2 atom stereocenters. The van der Waals surface area contributed by atoms with E-state index in [1.807, 2.05) is 30.3 Å². The Morgan fingerprint density at radius 1 is 1.13 bits per heavy atom. The lowest BCUT2D eigenvalue weighted by atomic mass is 10.1. The molecule has 23 heavy (non-hydrogen) atoms. The fourth-order valence-electron chi connectivity index (χ4n) is 3.95. The van der Waals surface area contributed by atoms with Gasteiger partial charge in [0.1, 0.15) is 11.6 Å². The van der Waals surface area contributed by atoms with E-state index in [-0.39, 0.29) is 18.0 Å². The van der Waals surface area contributed by atoms with E-state index in [1.165, 1.54) is 0 Å². The molecular weight excluding hydrogens is 288 g/mol. The van der Waals surface area contributed by atoms with Crippen LogP contribution in [0.4, 0.5) is 0 Å². The first kappa shape index (κ1) is 14.4. The first-order valence-corrected chi connectivity index (χ1v) is 8.45. The van der Waals surface area contributed by atoms with E-state index in [0.29, 0.717) is 5.92 Å². The maximum atomic E-state index is 13.0. The summed E-state index contributed by atoms with van der Waals surface area (Å²) in [5.41, 5.74) is 0.783. The van der Waals surface area contributed by atoms with E-state index in [1.54, 1.807) is 0 Å². The molecule has 2 aliphatic rings. The number of nitrogens with zero attached hydrogens (tertiary/aromatic N) is 4. The summed E-state index contributed by atoms with van der Waals surface area (Å²) in [5.74, 6) is 2.58. The van der Waals surface area contributed by atoms with Crippen molar-refractivity contribution in [3.05, 3.63) is 47.5 Å². The first-order valence-electron chi connectivity index (χ1n) is 8.45. The van der Waals surface area contributed by atoms with E-state index in [0.717, 1.165) is 43.0 Å². The zero-order valence-corrected chi connectivity index (χ0v) is 13.6. The third-order valence-electron chi connectivity index (χ3n) is 5.06. The Balaban J connectivity index is 1.67. The van der Waals surface area contributed by atoms with Crippen molar-refractivity contribution in [2.75, 3.05) is 0 Å². The third-order valence-corrected chi connectivity index (χ3v) is 5.06. The van der Waals surface area contributed by atoms with Crippen LogP contribution in [-0.4, -0.2) is 37.7 Å². The smallest absolute Gasteiger partial charge is 0.254 e. The molecule has 3 heterocycles. The Kier molecular flexibility index (Phi) is 3.43. The molecule has 4 rings (SSSR count). The van der Waals surface area contributed by atoms with Crippen molar-refractivity contribution >= 4 is 5.91 Å². The van der Waals surface area contributed by atoms with Crippen LogP contribution in [0.5, 0.6) is 0 Å². The molecule has 2 unspecified atom stereocenters. The molecule has 5 nitrogen and oxygen atoms in total. The van der Waals surface area contributed by atoms with Crippen molar-refractivity contribution in [3.63, 3.8) is 0 Å². The second kappa shape index (κ2) is 5.48. The molecule has 1 aromatic heterocycles. The monoisotopic (exact) mass is 310 g/mol. The highest BCUT2D eigenvalue weighted by molar-refractivity contribution is 5.94. The van der Waals surface area contributed by atoms with E-state index >= 15 is 0 Å². The maximum absolute atomic E-state index is 13.0. The van der Waals surface area contributed by atoms with Crippen LogP contribution in [0.15, 0.2) is 30.3 Å². The number of amides is 1. The van der Waals surface area contributed by atoms with Crippen molar-refractivity contribution in [2.45, 2.75) is 57.7 Å². The molecule has 120 valence electrons. The predicted molar refractivity (Wildman–Crippen MR) is 87.2 cm³/mol. The van der Waals surface area contributed by atoms with Crippen LogP contribution in [0, 0.1) is 0 Å². The van der Waals surface area contributed by atoms with Gasteiger partial charge in [0.05, 0.1) is 6.04 Å². The van der Waals surface area contributed by atoms with Crippen LogP contribution < -0.4 is 0 Å². The van der Waals surface area contributed by atoms with Crippen LogP contribution in [0.2, 0.25) is 0 Å². The molecule has 1 amide bonds. The Bertz CT molecular complexity index is 722. The molecule has 2 bridgehead atoms. The van der Waals surface area contributed by atoms with E-state index < -0.39 is 0 Å². The van der Waals surface area contributed by atoms with Gasteiger partial charge in [-0.1, -0.05) is 32.0 Å². The lowest BCUT2D eigenvalue weighted by Crippen LogP contribution is -2.42. The Morgan fingerprint density at radius 3 is 2.61 bits per heavy atom. The second-order valence-electron chi connectivity index (χ2n) is 6.91. The van der Waals surface area contributed by atoms with Crippen LogP contribution in [0.1, 0.15) is 54.6 Å². The number of rotatable bonds is 2. The topological polar surface area (TPSA) is 51.0 Å². The van der Waals surface area contributed by atoms with Crippen LogP contribution in [0.3, 0.4) is 0 Å². The molecular formula is C18H22N4O. The van der Waals surface area contributed by atoms with E-state index in [2.05, 4.69) is 33.5 Å². The Morgan fingerprint density at radius 2 is 1.87 bits per heavy atom. The van der Waals surface area contributed by atoms with Crippen molar-refractivity contribution in [3.8, 4) is 0 Å². The number of hydrogen-bond donors (Lipinski definition) is 0. The molecule has 2 aromatic rings. The van der Waals surface area contributed by atoms with Gasteiger partial charge in [0.15, 0.2) is 0 Å². The number of carbonyl (C=O) groups is 1. The molecule has 0 radical (unpaired) electrons. The molecule has 5 heteroatoms. The van der Waals surface area contributed by atoms with Gasteiger partial charge < -0.3 is 9.47 Å². The van der Waals surface area contributed by atoms with Crippen molar-refractivity contribution in [2.24, 2.45) is 0 Å². The summed E-state index contributed by atoms with van der Waals surface area (Å²) in [6, 6.07) is 10.1. The average molecular weight is 310 g/mol. The van der Waals surface area contributed by atoms with Crippen LogP contribution in [-0.2, 0) is 13.0 Å². The summed E-state index contributed by atoms with van der Waals surface area (Å²) in [6.45, 7) is 5.12. The molecule has 0 spiro atoms. The predicted octanol–water partition coefficient (Wildman–Crippen LogP) is 2.63. The molecule has 0 N–H and O–H groups in total. The van der Waals surface area contributed by atoms with Gasteiger partial charge in [-0.05, 0) is 25.0 Å². The molecule has 2 aliphatic heterocycles. The van der Waals surface area contributed by atoms with E-state index in [4.69, 9.17) is 0 Å². The van der Waals surface area contributed by atoms with E-state index in [9.17, 15) is 4.79 Å². The largest absolute Gasteiger partial charge is 0.330 e. The number of fused-ring (bicyclic) bond motifs is 3. The van der Waals surface area contributed by atoms with Gasteiger partial charge in [-0.15, -0.1) is 10.2 Å². The standard InChI is InChI=1S/C18H22N4O/c1-12(2)17-20-19-16-10-14-8-9-15(11-21(16)17)22(14)18(23)13-6-4-3-5-7-13/h3-7,12,14-15H,8-11H2,1-2H3. The first-order chi connectivity index (χ1) is 11.1. The number of benzene rings is 1. The average Bonchev–Trinajstić information content (AvgIpc) is 3.07. The minimum Gasteiger partial charge on any atom is -0.330 e. The van der Waals surface area contributed by atoms with Gasteiger partial charge in [0.2, 0.25) is 0 Å². The van der Waals surface area contributed by atoms with Gasteiger partial charge in [-0.25, -0.2) is 0 Å². The molecule has 1 fully saturated rings. The quantitative estimate of drug-likeness (QED) is 0.857. The lowest BCUT2D eigenvalue weighted by Gasteiger charge is -2.28. The minimum absolute atomic E-state index is 0.155. The molecule has 0 saturated carbocycles. The SMILES string of the molecule is CC(C)c1nnc2n1CC1CCC(C2)N1C(=O)c1ccccc1. The number of hydrogen-bond acceptors (Lipinski definition) is 3. The fourth-order valence-corrected chi connectivity index (χ4v) is 3.95. The van der Waals surface area contributed by atoms with Crippen molar-refractivity contribution < 1.29 is 4.79 Å². The zero-order chi connectivity index (χ0) is 16.0. The van der Waals surface area contributed by atoms with Gasteiger partial charge in [-0.3, -0.25) is 4.79 Å². The van der Waals surface area contributed by atoms with Gasteiger partial charge in [-0.2, -0.15) is 0 Å². The van der Waals surface area contributed by atoms with Gasteiger partial charge in [0.25, 0.3) is 5.91 Å². The molecule has 0 aliphatic carbocycles. The third kappa shape index (κ3) is 2.35. The van der Waals surface area contributed by atoms with Crippen molar-refractivity contribution in [1.29, 1.82) is 0 Å². The maximum Gasteiger partial charge on any atom is 0.254 e. The Labute approximate surface area is 136 Å². The fraction of sp³-hybridized carbons (Fsp3) is 0.500.